The average Bonchev–Trinajstić information content (AvgIpc) is 3.00. The summed E-state index contributed by atoms with van der Waals surface area (Å²) >= 11 is 0. The van der Waals surface area contributed by atoms with E-state index in [1.165, 1.54) is 12.1 Å². The number of piperidine rings is 1. The minimum atomic E-state index is -0.877. The van der Waals surface area contributed by atoms with Gasteiger partial charge in [-0.05, 0) is 71.0 Å². The van der Waals surface area contributed by atoms with Crippen molar-refractivity contribution in [3.63, 3.8) is 0 Å². The molecule has 2 aliphatic heterocycles. The van der Waals surface area contributed by atoms with Crippen molar-refractivity contribution in [3.8, 4) is 0 Å². The number of H-pyrrole nitrogens is 1. The molecule has 0 unspecified atom stereocenters. The summed E-state index contributed by atoms with van der Waals surface area (Å²) < 4.78 is 19.7. The zero-order chi connectivity index (χ0) is 21.0. The van der Waals surface area contributed by atoms with Gasteiger partial charge in [0.15, 0.2) is 0 Å². The summed E-state index contributed by atoms with van der Waals surface area (Å²) in [6.07, 6.45) is 2.24. The van der Waals surface area contributed by atoms with E-state index in [1.807, 2.05) is 32.8 Å². The first-order valence-corrected chi connectivity index (χ1v) is 10.2. The van der Waals surface area contributed by atoms with Gasteiger partial charge in [-0.3, -0.25) is 4.79 Å². The maximum atomic E-state index is 13.6. The van der Waals surface area contributed by atoms with Crippen LogP contribution < -0.4 is 0 Å². The number of nitrogens with zero attached hydrogens (tertiary/aromatic N) is 2. The number of carbonyl (C=O) groups excluding carboxylic acids is 1. The fourth-order valence-corrected chi connectivity index (χ4v) is 4.90. The monoisotopic (exact) mass is 403 g/mol. The Labute approximate surface area is 170 Å². The summed E-state index contributed by atoms with van der Waals surface area (Å²) in [5.74, 6) is -0.361. The van der Waals surface area contributed by atoms with Gasteiger partial charge in [0, 0.05) is 30.0 Å². The van der Waals surface area contributed by atoms with E-state index in [0.29, 0.717) is 25.4 Å². The second-order valence-corrected chi connectivity index (χ2v) is 9.12. The average molecular weight is 403 g/mol. The molecule has 1 spiro atoms. The van der Waals surface area contributed by atoms with Crippen LogP contribution >= 0.6 is 0 Å². The molecule has 0 bridgehead atoms. The number of carbonyl (C=O) groups is 1. The number of likely N-dealkylation sites (N-methyl/N-ethyl adjacent to an activating group) is 1. The van der Waals surface area contributed by atoms with Gasteiger partial charge in [-0.1, -0.05) is 0 Å². The number of aromatic nitrogens is 1. The number of aryl methyl sites for hydroxylation is 1. The van der Waals surface area contributed by atoms with E-state index in [1.54, 1.807) is 6.07 Å². The van der Waals surface area contributed by atoms with Crippen LogP contribution in [0.15, 0.2) is 18.2 Å². The van der Waals surface area contributed by atoms with E-state index in [2.05, 4.69) is 9.88 Å². The van der Waals surface area contributed by atoms with Crippen molar-refractivity contribution in [2.24, 2.45) is 0 Å². The fraction of sp³-hybridized carbons (Fsp3) is 0.591. The lowest BCUT2D eigenvalue weighted by molar-refractivity contribution is -0.205. The van der Waals surface area contributed by atoms with Crippen LogP contribution in [0.5, 0.6) is 0 Å². The van der Waals surface area contributed by atoms with Gasteiger partial charge in [-0.25, -0.2) is 4.39 Å². The van der Waals surface area contributed by atoms with E-state index < -0.39 is 5.60 Å². The molecule has 158 valence electrons. The molecule has 2 N–H and O–H groups in total. The maximum Gasteiger partial charge on any atom is 0.270 e. The Bertz CT molecular complexity index is 929. The van der Waals surface area contributed by atoms with Crippen molar-refractivity contribution in [2.45, 2.75) is 50.4 Å². The number of amides is 1. The number of fused-ring (bicyclic) bond motifs is 1. The molecule has 2 saturated heterocycles. The Morgan fingerprint density at radius 3 is 2.69 bits per heavy atom. The van der Waals surface area contributed by atoms with Crippen LogP contribution in [0.25, 0.3) is 10.9 Å². The Morgan fingerprint density at radius 2 is 2.03 bits per heavy atom. The topological polar surface area (TPSA) is 68.8 Å². The van der Waals surface area contributed by atoms with Crippen LogP contribution in [-0.4, -0.2) is 76.8 Å². The molecule has 2 atom stereocenters. The molecular formula is C22H30FN3O3. The van der Waals surface area contributed by atoms with Gasteiger partial charge in [-0.15, -0.1) is 0 Å². The summed E-state index contributed by atoms with van der Waals surface area (Å²) in [5, 5.41) is 11.4. The predicted octanol–water partition coefficient (Wildman–Crippen LogP) is 2.69. The molecule has 0 saturated carbocycles. The minimum absolute atomic E-state index is 0.0179. The third kappa shape index (κ3) is 3.56. The number of aliphatic hydroxyl groups is 1. The Kier molecular flexibility index (Phi) is 4.96. The van der Waals surface area contributed by atoms with Gasteiger partial charge >= 0.3 is 0 Å². The normalized spacial score (nSPS) is 27.1. The number of aromatic amines is 1. The second kappa shape index (κ2) is 7.07. The van der Waals surface area contributed by atoms with Crippen molar-refractivity contribution >= 4 is 16.8 Å². The lowest BCUT2D eigenvalue weighted by Gasteiger charge is -2.52. The molecule has 0 radical (unpaired) electrons. The molecule has 7 heteroatoms. The Balaban J connectivity index is 1.49. The van der Waals surface area contributed by atoms with Gasteiger partial charge in [0.2, 0.25) is 0 Å². The Morgan fingerprint density at radius 1 is 1.34 bits per heavy atom. The van der Waals surface area contributed by atoms with Crippen LogP contribution in [-0.2, 0) is 4.74 Å². The SMILES string of the molecule is Cc1c(C(=O)N2CCC3(CC2)C[C@H](N(C)C)[C@@](C)(O)CO3)[nH]c2ccc(F)cc12. The third-order valence-electron chi connectivity index (χ3n) is 6.77. The number of hydrogen-bond acceptors (Lipinski definition) is 4. The lowest BCUT2D eigenvalue weighted by atomic mass is 9.77. The number of benzene rings is 1. The molecule has 1 amide bonds. The molecule has 1 aromatic heterocycles. The molecule has 1 aromatic carbocycles. The van der Waals surface area contributed by atoms with Gasteiger partial charge in [0.1, 0.15) is 17.1 Å². The predicted molar refractivity (Wildman–Crippen MR) is 110 cm³/mol. The third-order valence-corrected chi connectivity index (χ3v) is 6.77. The lowest BCUT2D eigenvalue weighted by Crippen LogP contribution is -2.63. The second-order valence-electron chi connectivity index (χ2n) is 9.12. The van der Waals surface area contributed by atoms with E-state index in [4.69, 9.17) is 4.74 Å². The Hall–Kier alpha value is -1.96. The number of hydrogen-bond donors (Lipinski definition) is 2. The molecular weight excluding hydrogens is 373 g/mol. The summed E-state index contributed by atoms with van der Waals surface area (Å²) in [7, 11) is 3.97. The molecule has 2 fully saturated rings. The molecule has 2 aliphatic rings. The molecule has 4 rings (SSSR count). The number of likely N-dealkylation sites (tertiary alicyclic amines) is 1. The van der Waals surface area contributed by atoms with Gasteiger partial charge in [0.05, 0.1) is 12.2 Å². The smallest absolute Gasteiger partial charge is 0.270 e. The fourth-order valence-electron chi connectivity index (χ4n) is 4.90. The maximum absolute atomic E-state index is 13.6. The van der Waals surface area contributed by atoms with Crippen molar-refractivity contribution in [3.05, 3.63) is 35.3 Å². The quantitative estimate of drug-likeness (QED) is 0.809. The molecule has 0 aliphatic carbocycles. The van der Waals surface area contributed by atoms with E-state index >= 15 is 0 Å². The molecule has 2 aromatic rings. The molecule has 29 heavy (non-hydrogen) atoms. The van der Waals surface area contributed by atoms with Crippen molar-refractivity contribution in [1.29, 1.82) is 0 Å². The summed E-state index contributed by atoms with van der Waals surface area (Å²) in [6.45, 7) is 5.18. The highest BCUT2D eigenvalue weighted by Gasteiger charge is 2.49. The molecule has 6 nitrogen and oxygen atoms in total. The van der Waals surface area contributed by atoms with Gasteiger partial charge < -0.3 is 24.6 Å². The number of halogens is 1. The first-order chi connectivity index (χ1) is 13.6. The number of nitrogens with one attached hydrogen (secondary N) is 1. The van der Waals surface area contributed by atoms with Gasteiger partial charge in [-0.2, -0.15) is 0 Å². The number of rotatable bonds is 2. The highest BCUT2D eigenvalue weighted by atomic mass is 19.1. The van der Waals surface area contributed by atoms with Crippen molar-refractivity contribution in [2.75, 3.05) is 33.8 Å². The van der Waals surface area contributed by atoms with Crippen LogP contribution in [0.3, 0.4) is 0 Å². The van der Waals surface area contributed by atoms with E-state index in [-0.39, 0.29) is 23.4 Å². The van der Waals surface area contributed by atoms with Crippen molar-refractivity contribution < 1.29 is 19.0 Å². The van der Waals surface area contributed by atoms with Crippen LogP contribution in [0.2, 0.25) is 0 Å². The summed E-state index contributed by atoms with van der Waals surface area (Å²) in [4.78, 5) is 20.2. The van der Waals surface area contributed by atoms with Crippen LogP contribution in [0.4, 0.5) is 4.39 Å². The van der Waals surface area contributed by atoms with Crippen LogP contribution in [0, 0.1) is 12.7 Å². The number of ether oxygens (including phenoxy) is 1. The largest absolute Gasteiger partial charge is 0.386 e. The standard InChI is InChI=1S/C22H30FN3O3/c1-14-16-11-15(23)5-6-17(16)24-19(14)20(27)26-9-7-22(8-10-26)12-18(25(3)4)21(2,28)13-29-22/h5-6,11,18,24,28H,7-10,12-13H2,1-4H3/t18-,21-/m0/s1. The van der Waals surface area contributed by atoms with E-state index in [9.17, 15) is 14.3 Å². The summed E-state index contributed by atoms with van der Waals surface area (Å²) in [6, 6.07) is 4.55. The highest BCUT2D eigenvalue weighted by molar-refractivity contribution is 6.00. The zero-order valence-electron chi connectivity index (χ0n) is 17.6. The van der Waals surface area contributed by atoms with Crippen LogP contribution in [0.1, 0.15) is 42.2 Å². The van der Waals surface area contributed by atoms with Gasteiger partial charge in [0.25, 0.3) is 5.91 Å². The van der Waals surface area contributed by atoms with E-state index in [0.717, 1.165) is 35.7 Å². The van der Waals surface area contributed by atoms with Crippen molar-refractivity contribution in [1.82, 2.24) is 14.8 Å². The first kappa shape index (κ1) is 20.3. The first-order valence-electron chi connectivity index (χ1n) is 10.2. The minimum Gasteiger partial charge on any atom is -0.386 e. The zero-order valence-corrected chi connectivity index (χ0v) is 17.6. The summed E-state index contributed by atoms with van der Waals surface area (Å²) in [5.41, 5.74) is 0.903. The highest BCUT2D eigenvalue weighted by Crippen LogP contribution is 2.40. The molecule has 3 heterocycles.